The molecule has 0 radical (unpaired) electrons. The minimum absolute atomic E-state index is 0.121. The summed E-state index contributed by atoms with van der Waals surface area (Å²) >= 11 is 0. The van der Waals surface area contributed by atoms with Gasteiger partial charge in [-0.25, -0.2) is 4.98 Å². The van der Waals surface area contributed by atoms with Crippen molar-refractivity contribution in [1.29, 1.82) is 0 Å². The SMILES string of the molecule is COc1ccc(N2CCN(Cc3nccn3C)[C@H](C)C2=O)cc1. The zero-order valence-electron chi connectivity index (χ0n) is 13.8. The number of anilines is 1. The minimum atomic E-state index is -0.164. The number of carbonyl (C=O) groups is 1. The molecule has 0 unspecified atom stereocenters. The Morgan fingerprint density at radius 1 is 1.26 bits per heavy atom. The van der Waals surface area contributed by atoms with Gasteiger partial charge in [0.1, 0.15) is 11.6 Å². The number of imidazole rings is 1. The lowest BCUT2D eigenvalue weighted by molar-refractivity contribution is -0.125. The van der Waals surface area contributed by atoms with Crippen LogP contribution in [0.15, 0.2) is 36.7 Å². The summed E-state index contributed by atoms with van der Waals surface area (Å²) in [7, 11) is 3.61. The van der Waals surface area contributed by atoms with Gasteiger partial charge in [0.15, 0.2) is 0 Å². The molecule has 1 aliphatic rings. The molecule has 1 amide bonds. The van der Waals surface area contributed by atoms with Gasteiger partial charge in [-0.1, -0.05) is 0 Å². The first-order valence-electron chi connectivity index (χ1n) is 7.76. The zero-order valence-corrected chi connectivity index (χ0v) is 13.8. The summed E-state index contributed by atoms with van der Waals surface area (Å²) in [5.74, 6) is 1.89. The maximum Gasteiger partial charge on any atom is 0.244 e. The number of benzene rings is 1. The third-order valence-electron chi connectivity index (χ3n) is 4.43. The van der Waals surface area contributed by atoms with Crippen LogP contribution in [0.2, 0.25) is 0 Å². The van der Waals surface area contributed by atoms with Gasteiger partial charge in [0, 0.05) is 38.2 Å². The summed E-state index contributed by atoms with van der Waals surface area (Å²) in [5.41, 5.74) is 0.916. The Hall–Kier alpha value is -2.34. The maximum atomic E-state index is 12.7. The molecule has 2 heterocycles. The lowest BCUT2D eigenvalue weighted by Gasteiger charge is -2.38. The third-order valence-corrected chi connectivity index (χ3v) is 4.43. The van der Waals surface area contributed by atoms with Gasteiger partial charge in [-0.3, -0.25) is 9.69 Å². The highest BCUT2D eigenvalue weighted by Crippen LogP contribution is 2.23. The van der Waals surface area contributed by atoms with Crippen LogP contribution in [0.5, 0.6) is 5.75 Å². The molecular formula is C17H22N4O2. The number of ether oxygens (including phenoxy) is 1. The molecule has 1 aliphatic heterocycles. The van der Waals surface area contributed by atoms with Crippen molar-refractivity contribution >= 4 is 11.6 Å². The van der Waals surface area contributed by atoms with Gasteiger partial charge >= 0.3 is 0 Å². The molecular weight excluding hydrogens is 292 g/mol. The molecule has 23 heavy (non-hydrogen) atoms. The number of methoxy groups -OCH3 is 1. The normalized spacial score (nSPS) is 19.2. The van der Waals surface area contributed by atoms with E-state index in [9.17, 15) is 4.79 Å². The Morgan fingerprint density at radius 2 is 2.00 bits per heavy atom. The highest BCUT2D eigenvalue weighted by atomic mass is 16.5. The van der Waals surface area contributed by atoms with E-state index in [4.69, 9.17) is 4.74 Å². The van der Waals surface area contributed by atoms with Gasteiger partial charge in [0.25, 0.3) is 0 Å². The molecule has 2 aromatic rings. The van der Waals surface area contributed by atoms with Crippen LogP contribution in [0.4, 0.5) is 5.69 Å². The summed E-state index contributed by atoms with van der Waals surface area (Å²) in [4.78, 5) is 21.1. The molecule has 0 bridgehead atoms. The van der Waals surface area contributed by atoms with Crippen LogP contribution in [0, 0.1) is 0 Å². The Labute approximate surface area is 136 Å². The molecule has 0 saturated carbocycles. The number of rotatable bonds is 4. The molecule has 1 aromatic carbocycles. The van der Waals surface area contributed by atoms with Crippen molar-refractivity contribution in [3.63, 3.8) is 0 Å². The smallest absolute Gasteiger partial charge is 0.244 e. The molecule has 6 heteroatoms. The van der Waals surface area contributed by atoms with Gasteiger partial charge < -0.3 is 14.2 Å². The second kappa shape index (κ2) is 6.42. The first-order valence-corrected chi connectivity index (χ1v) is 7.76. The van der Waals surface area contributed by atoms with Crippen LogP contribution in [-0.2, 0) is 18.4 Å². The molecule has 1 aromatic heterocycles. The molecule has 1 atom stereocenters. The van der Waals surface area contributed by atoms with E-state index >= 15 is 0 Å². The standard InChI is InChI=1S/C17H22N4O2/c1-13-17(22)21(14-4-6-15(23-3)7-5-14)11-10-20(13)12-16-18-8-9-19(16)2/h4-9,13H,10-12H2,1-3H3/t13-/m1/s1. The summed E-state index contributed by atoms with van der Waals surface area (Å²) < 4.78 is 7.16. The predicted octanol–water partition coefficient (Wildman–Crippen LogP) is 1.67. The number of aromatic nitrogens is 2. The lowest BCUT2D eigenvalue weighted by Crippen LogP contribution is -2.55. The monoisotopic (exact) mass is 314 g/mol. The van der Waals surface area contributed by atoms with Crippen molar-refractivity contribution in [2.24, 2.45) is 7.05 Å². The molecule has 3 rings (SSSR count). The van der Waals surface area contributed by atoms with Crippen molar-refractivity contribution in [2.75, 3.05) is 25.1 Å². The van der Waals surface area contributed by atoms with E-state index in [2.05, 4.69) is 9.88 Å². The van der Waals surface area contributed by atoms with E-state index in [1.54, 1.807) is 13.3 Å². The summed E-state index contributed by atoms with van der Waals surface area (Å²) in [6, 6.07) is 7.46. The fourth-order valence-electron chi connectivity index (χ4n) is 2.88. The average molecular weight is 314 g/mol. The quantitative estimate of drug-likeness (QED) is 0.861. The van der Waals surface area contributed by atoms with Crippen molar-refractivity contribution in [3.05, 3.63) is 42.5 Å². The first kappa shape index (κ1) is 15.6. The number of piperazine rings is 1. The van der Waals surface area contributed by atoms with Crippen molar-refractivity contribution < 1.29 is 9.53 Å². The number of aryl methyl sites for hydroxylation is 1. The Kier molecular flexibility index (Phi) is 4.34. The molecule has 0 aliphatic carbocycles. The Balaban J connectivity index is 1.71. The van der Waals surface area contributed by atoms with E-state index in [0.29, 0.717) is 13.1 Å². The third kappa shape index (κ3) is 3.07. The number of hydrogen-bond donors (Lipinski definition) is 0. The van der Waals surface area contributed by atoms with Crippen LogP contribution in [0.1, 0.15) is 12.7 Å². The second-order valence-corrected chi connectivity index (χ2v) is 5.79. The summed E-state index contributed by atoms with van der Waals surface area (Å²) in [6.07, 6.45) is 3.71. The van der Waals surface area contributed by atoms with Crippen LogP contribution in [0.3, 0.4) is 0 Å². The molecule has 1 saturated heterocycles. The topological polar surface area (TPSA) is 50.6 Å². The van der Waals surface area contributed by atoms with E-state index in [1.807, 2.05) is 53.9 Å². The van der Waals surface area contributed by atoms with Crippen molar-refractivity contribution in [3.8, 4) is 5.75 Å². The van der Waals surface area contributed by atoms with Gasteiger partial charge in [0.2, 0.25) is 5.91 Å². The first-order chi connectivity index (χ1) is 11.1. The largest absolute Gasteiger partial charge is 0.497 e. The van der Waals surface area contributed by atoms with Crippen LogP contribution < -0.4 is 9.64 Å². The predicted molar refractivity (Wildman–Crippen MR) is 88.4 cm³/mol. The number of carbonyl (C=O) groups excluding carboxylic acids is 1. The fourth-order valence-corrected chi connectivity index (χ4v) is 2.88. The zero-order chi connectivity index (χ0) is 16.4. The molecule has 1 fully saturated rings. The van der Waals surface area contributed by atoms with Gasteiger partial charge in [-0.2, -0.15) is 0 Å². The molecule has 0 spiro atoms. The molecule has 122 valence electrons. The highest BCUT2D eigenvalue weighted by molar-refractivity contribution is 5.97. The Morgan fingerprint density at radius 3 is 2.61 bits per heavy atom. The number of amides is 1. The summed E-state index contributed by atoms with van der Waals surface area (Å²) in [5, 5.41) is 0. The van der Waals surface area contributed by atoms with Gasteiger partial charge in [-0.05, 0) is 31.2 Å². The van der Waals surface area contributed by atoms with Crippen LogP contribution in [-0.4, -0.2) is 46.6 Å². The van der Waals surface area contributed by atoms with E-state index < -0.39 is 0 Å². The van der Waals surface area contributed by atoms with E-state index in [1.165, 1.54) is 0 Å². The molecule has 6 nitrogen and oxygen atoms in total. The van der Waals surface area contributed by atoms with Crippen molar-refractivity contribution in [2.45, 2.75) is 19.5 Å². The lowest BCUT2D eigenvalue weighted by atomic mass is 10.1. The average Bonchev–Trinajstić information content (AvgIpc) is 2.97. The van der Waals surface area contributed by atoms with Crippen LogP contribution in [0.25, 0.3) is 0 Å². The highest BCUT2D eigenvalue weighted by Gasteiger charge is 2.32. The molecule has 0 N–H and O–H groups in total. The Bertz CT molecular complexity index is 680. The second-order valence-electron chi connectivity index (χ2n) is 5.79. The summed E-state index contributed by atoms with van der Waals surface area (Å²) in [6.45, 7) is 4.15. The van der Waals surface area contributed by atoms with E-state index in [-0.39, 0.29) is 11.9 Å². The fraction of sp³-hybridized carbons (Fsp3) is 0.412. The number of hydrogen-bond acceptors (Lipinski definition) is 4. The van der Waals surface area contributed by atoms with Crippen LogP contribution >= 0.6 is 0 Å². The number of nitrogens with zero attached hydrogens (tertiary/aromatic N) is 4. The van der Waals surface area contributed by atoms with E-state index in [0.717, 1.165) is 23.8 Å². The van der Waals surface area contributed by atoms with Gasteiger partial charge in [-0.15, -0.1) is 0 Å². The maximum absolute atomic E-state index is 12.7. The minimum Gasteiger partial charge on any atom is -0.497 e. The van der Waals surface area contributed by atoms with Gasteiger partial charge in [0.05, 0.1) is 19.7 Å². The van der Waals surface area contributed by atoms with Crippen molar-refractivity contribution in [1.82, 2.24) is 14.5 Å².